The van der Waals surface area contributed by atoms with Gasteiger partial charge in [-0.05, 0) is 54.7 Å². The van der Waals surface area contributed by atoms with Gasteiger partial charge in [0.25, 0.3) is 5.91 Å². The third kappa shape index (κ3) is 6.26. The van der Waals surface area contributed by atoms with Crippen LogP contribution < -0.4 is 10.6 Å². The summed E-state index contributed by atoms with van der Waals surface area (Å²) in [6.45, 7) is 1.93. The molecule has 0 aliphatic carbocycles. The molecule has 2 N–H and O–H groups in total. The maximum absolute atomic E-state index is 13.4. The number of rotatable bonds is 8. The van der Waals surface area contributed by atoms with Crippen molar-refractivity contribution in [2.45, 2.75) is 25.9 Å². The first kappa shape index (κ1) is 21.3. The number of aryl methyl sites for hydroxylation is 1. The van der Waals surface area contributed by atoms with E-state index in [4.69, 9.17) is 11.6 Å². The van der Waals surface area contributed by atoms with Gasteiger partial charge in [0.05, 0.1) is 10.6 Å². The van der Waals surface area contributed by atoms with E-state index in [-0.39, 0.29) is 24.2 Å². The molecule has 0 aliphatic heterocycles. The molecule has 0 aliphatic rings. The fourth-order valence-electron chi connectivity index (χ4n) is 2.51. The van der Waals surface area contributed by atoms with Gasteiger partial charge in [-0.15, -0.1) is 0 Å². The Bertz CT molecular complexity index is 816. The summed E-state index contributed by atoms with van der Waals surface area (Å²) in [5, 5.41) is 5.90. The highest BCUT2D eigenvalue weighted by atomic mass is 35.5. The van der Waals surface area contributed by atoms with Crippen molar-refractivity contribution in [2.24, 2.45) is 0 Å². The second-order valence-corrected chi connectivity index (χ2v) is 7.48. The van der Waals surface area contributed by atoms with Crippen molar-refractivity contribution >= 4 is 35.2 Å². The first-order valence-corrected chi connectivity index (χ1v) is 10.3. The van der Waals surface area contributed by atoms with Gasteiger partial charge in [0.1, 0.15) is 11.9 Å². The van der Waals surface area contributed by atoms with E-state index in [1.165, 1.54) is 6.07 Å². The number of carbonyl (C=O) groups is 2. The molecule has 2 rings (SSSR count). The first-order valence-electron chi connectivity index (χ1n) is 8.49. The number of thioether (sulfide) groups is 1. The Morgan fingerprint density at radius 3 is 2.63 bits per heavy atom. The molecule has 0 radical (unpaired) electrons. The Kier molecular flexibility index (Phi) is 8.13. The Labute approximate surface area is 167 Å². The molecule has 0 spiro atoms. The van der Waals surface area contributed by atoms with Gasteiger partial charge >= 0.3 is 0 Å². The second kappa shape index (κ2) is 10.3. The zero-order valence-electron chi connectivity index (χ0n) is 15.2. The fourth-order valence-corrected chi connectivity index (χ4v) is 3.21. The van der Waals surface area contributed by atoms with E-state index in [2.05, 4.69) is 10.6 Å². The lowest BCUT2D eigenvalue weighted by atomic mass is 10.1. The lowest BCUT2D eigenvalue weighted by Crippen LogP contribution is -2.47. The number of hydrogen-bond acceptors (Lipinski definition) is 3. The van der Waals surface area contributed by atoms with Crippen LogP contribution in [0.2, 0.25) is 5.02 Å². The zero-order chi connectivity index (χ0) is 19.8. The summed E-state index contributed by atoms with van der Waals surface area (Å²) in [5.41, 5.74) is 1.64. The molecule has 144 valence electrons. The Morgan fingerprint density at radius 2 is 1.96 bits per heavy atom. The maximum atomic E-state index is 13.4. The van der Waals surface area contributed by atoms with Crippen molar-refractivity contribution in [2.75, 3.05) is 12.0 Å². The standard InChI is InChI=1S/C20H22ClFN2O2S/c1-13-11-14(7-8-17(13)22)12-23-20(26)18(9-10-27-2)24-19(25)15-5-3-4-6-16(15)21/h3-8,11,18H,9-10,12H2,1-2H3,(H,23,26)(H,24,25). The molecule has 27 heavy (non-hydrogen) atoms. The van der Waals surface area contributed by atoms with Gasteiger partial charge in [-0.2, -0.15) is 11.8 Å². The van der Waals surface area contributed by atoms with Crippen LogP contribution in [-0.2, 0) is 11.3 Å². The topological polar surface area (TPSA) is 58.2 Å². The van der Waals surface area contributed by atoms with Gasteiger partial charge in [-0.1, -0.05) is 35.9 Å². The van der Waals surface area contributed by atoms with Gasteiger partial charge in [0.2, 0.25) is 5.91 Å². The van der Waals surface area contributed by atoms with Crippen LogP contribution in [0.1, 0.15) is 27.9 Å². The van der Waals surface area contributed by atoms with Gasteiger partial charge in [-0.3, -0.25) is 9.59 Å². The highest BCUT2D eigenvalue weighted by Crippen LogP contribution is 2.15. The van der Waals surface area contributed by atoms with E-state index in [0.29, 0.717) is 22.6 Å². The van der Waals surface area contributed by atoms with Crippen molar-refractivity contribution in [3.05, 3.63) is 70.0 Å². The van der Waals surface area contributed by atoms with Crippen LogP contribution in [0, 0.1) is 12.7 Å². The number of benzene rings is 2. The van der Waals surface area contributed by atoms with Crippen LogP contribution in [0.3, 0.4) is 0 Å². The number of carbonyl (C=O) groups excluding carboxylic acids is 2. The molecule has 0 saturated heterocycles. The summed E-state index contributed by atoms with van der Waals surface area (Å²) < 4.78 is 13.4. The monoisotopic (exact) mass is 408 g/mol. The molecular weight excluding hydrogens is 387 g/mol. The average molecular weight is 409 g/mol. The third-order valence-corrected chi connectivity index (χ3v) is 5.01. The van der Waals surface area contributed by atoms with E-state index >= 15 is 0 Å². The van der Waals surface area contributed by atoms with Crippen molar-refractivity contribution < 1.29 is 14.0 Å². The predicted molar refractivity (Wildman–Crippen MR) is 109 cm³/mol. The van der Waals surface area contributed by atoms with Gasteiger partial charge in [0, 0.05) is 6.54 Å². The van der Waals surface area contributed by atoms with E-state index in [0.717, 1.165) is 11.3 Å². The van der Waals surface area contributed by atoms with Gasteiger partial charge in [0.15, 0.2) is 0 Å². The maximum Gasteiger partial charge on any atom is 0.253 e. The Hall–Kier alpha value is -2.05. The minimum Gasteiger partial charge on any atom is -0.350 e. The minimum atomic E-state index is -0.678. The van der Waals surface area contributed by atoms with Crippen LogP contribution in [0.5, 0.6) is 0 Å². The molecule has 2 aromatic carbocycles. The van der Waals surface area contributed by atoms with Gasteiger partial charge in [-0.25, -0.2) is 4.39 Å². The van der Waals surface area contributed by atoms with E-state index in [9.17, 15) is 14.0 Å². The van der Waals surface area contributed by atoms with Crippen LogP contribution >= 0.6 is 23.4 Å². The molecule has 7 heteroatoms. The number of amides is 2. The van der Waals surface area contributed by atoms with Crippen LogP contribution in [-0.4, -0.2) is 29.9 Å². The summed E-state index contributed by atoms with van der Waals surface area (Å²) in [4.78, 5) is 25.1. The average Bonchev–Trinajstić information content (AvgIpc) is 2.66. The molecule has 1 unspecified atom stereocenters. The summed E-state index contributed by atoms with van der Waals surface area (Å²) in [5.74, 6) is -0.239. The smallest absolute Gasteiger partial charge is 0.253 e. The van der Waals surface area contributed by atoms with Crippen LogP contribution in [0.4, 0.5) is 4.39 Å². The first-order chi connectivity index (χ1) is 12.9. The predicted octanol–water partition coefficient (Wildman–Crippen LogP) is 3.96. The molecule has 0 bridgehead atoms. The normalized spacial score (nSPS) is 11.7. The summed E-state index contributed by atoms with van der Waals surface area (Å²) in [6.07, 6.45) is 2.43. The number of nitrogens with one attached hydrogen (secondary N) is 2. The molecule has 0 saturated carbocycles. The van der Waals surface area contributed by atoms with Crippen LogP contribution in [0.15, 0.2) is 42.5 Å². The second-order valence-electron chi connectivity index (χ2n) is 6.09. The zero-order valence-corrected chi connectivity index (χ0v) is 16.8. The minimum absolute atomic E-state index is 0.262. The highest BCUT2D eigenvalue weighted by Gasteiger charge is 2.22. The van der Waals surface area contributed by atoms with E-state index < -0.39 is 6.04 Å². The number of halogens is 2. The van der Waals surface area contributed by atoms with Crippen molar-refractivity contribution in [3.63, 3.8) is 0 Å². The molecule has 1 atom stereocenters. The molecule has 4 nitrogen and oxygen atoms in total. The summed E-state index contributed by atoms with van der Waals surface area (Å²) >= 11 is 7.65. The van der Waals surface area contributed by atoms with Crippen LogP contribution in [0.25, 0.3) is 0 Å². The van der Waals surface area contributed by atoms with Crippen molar-refractivity contribution in [1.29, 1.82) is 0 Å². The lowest BCUT2D eigenvalue weighted by molar-refractivity contribution is -0.123. The SMILES string of the molecule is CSCCC(NC(=O)c1ccccc1Cl)C(=O)NCc1ccc(F)c(C)c1. The third-order valence-electron chi connectivity index (χ3n) is 4.04. The lowest BCUT2D eigenvalue weighted by Gasteiger charge is -2.19. The van der Waals surface area contributed by atoms with Crippen molar-refractivity contribution in [1.82, 2.24) is 10.6 Å². The fraction of sp³-hybridized carbons (Fsp3) is 0.300. The summed E-state index contributed by atoms with van der Waals surface area (Å²) in [6, 6.07) is 10.7. The van der Waals surface area contributed by atoms with Crippen molar-refractivity contribution in [3.8, 4) is 0 Å². The largest absolute Gasteiger partial charge is 0.350 e. The summed E-state index contributed by atoms with van der Waals surface area (Å²) in [7, 11) is 0. The number of hydrogen-bond donors (Lipinski definition) is 2. The van der Waals surface area contributed by atoms with E-state index in [1.54, 1.807) is 55.1 Å². The Morgan fingerprint density at radius 1 is 1.22 bits per heavy atom. The molecular formula is C20H22ClFN2O2S. The molecule has 2 aromatic rings. The molecule has 0 aromatic heterocycles. The quantitative estimate of drug-likeness (QED) is 0.695. The van der Waals surface area contributed by atoms with E-state index in [1.807, 2.05) is 6.26 Å². The Balaban J connectivity index is 2.03. The molecule has 2 amide bonds. The highest BCUT2D eigenvalue weighted by molar-refractivity contribution is 7.98. The molecule has 0 fully saturated rings. The molecule has 0 heterocycles. The van der Waals surface area contributed by atoms with Gasteiger partial charge < -0.3 is 10.6 Å².